The van der Waals surface area contributed by atoms with Crippen LogP contribution in [0.3, 0.4) is 0 Å². The quantitative estimate of drug-likeness (QED) is 0.503. The van der Waals surface area contributed by atoms with Gasteiger partial charge in [0, 0.05) is 26.1 Å². The predicted molar refractivity (Wildman–Crippen MR) is 118 cm³/mol. The van der Waals surface area contributed by atoms with E-state index in [1.807, 2.05) is 28.8 Å². The number of amides is 2. The van der Waals surface area contributed by atoms with Crippen LogP contribution in [0.15, 0.2) is 48.5 Å². The number of para-hydroxylation sites is 2. The Balaban J connectivity index is 1.35. The van der Waals surface area contributed by atoms with Gasteiger partial charge >= 0.3 is 0 Å². The van der Waals surface area contributed by atoms with Gasteiger partial charge < -0.3 is 19.9 Å². The summed E-state index contributed by atoms with van der Waals surface area (Å²) in [5.41, 5.74) is 2.55. The highest BCUT2D eigenvalue weighted by Crippen LogP contribution is 2.17. The van der Waals surface area contributed by atoms with E-state index in [4.69, 9.17) is 9.72 Å². The van der Waals surface area contributed by atoms with Crippen LogP contribution in [0, 0.1) is 5.82 Å². The molecule has 2 aromatic carbocycles. The van der Waals surface area contributed by atoms with Crippen LogP contribution >= 0.6 is 0 Å². The van der Waals surface area contributed by atoms with E-state index in [9.17, 15) is 14.0 Å². The molecular formula is C24H27FN4O3. The molecule has 0 radical (unpaired) electrons. The summed E-state index contributed by atoms with van der Waals surface area (Å²) < 4.78 is 20.4. The van der Waals surface area contributed by atoms with Crippen LogP contribution in [0.4, 0.5) is 4.39 Å². The van der Waals surface area contributed by atoms with Crippen LogP contribution in [-0.4, -0.2) is 40.6 Å². The SMILES string of the molecule is O=C(Cn1c(CCCNC(=O)C2CCCO2)nc2ccccc21)NCc1ccc(F)cc1. The maximum absolute atomic E-state index is 13.1. The van der Waals surface area contributed by atoms with Crippen LogP contribution in [0.25, 0.3) is 11.0 Å². The van der Waals surface area contributed by atoms with E-state index in [0.717, 1.165) is 35.3 Å². The zero-order valence-electron chi connectivity index (χ0n) is 17.9. The lowest BCUT2D eigenvalue weighted by Gasteiger charge is -2.12. The van der Waals surface area contributed by atoms with Gasteiger partial charge in [-0.2, -0.15) is 0 Å². The number of carbonyl (C=O) groups excluding carboxylic acids is 2. The number of nitrogens with zero attached hydrogens (tertiary/aromatic N) is 2. The smallest absolute Gasteiger partial charge is 0.249 e. The fourth-order valence-corrected chi connectivity index (χ4v) is 3.85. The molecule has 32 heavy (non-hydrogen) atoms. The normalized spacial score (nSPS) is 15.7. The van der Waals surface area contributed by atoms with Gasteiger partial charge in [-0.25, -0.2) is 9.37 Å². The third-order valence-corrected chi connectivity index (χ3v) is 5.54. The monoisotopic (exact) mass is 438 g/mol. The Morgan fingerprint density at radius 2 is 1.94 bits per heavy atom. The zero-order valence-corrected chi connectivity index (χ0v) is 17.9. The second-order valence-electron chi connectivity index (χ2n) is 7.90. The van der Waals surface area contributed by atoms with E-state index < -0.39 is 0 Å². The number of halogens is 1. The van der Waals surface area contributed by atoms with E-state index in [1.54, 1.807) is 12.1 Å². The summed E-state index contributed by atoms with van der Waals surface area (Å²) in [7, 11) is 0. The molecule has 1 aromatic heterocycles. The van der Waals surface area contributed by atoms with Crippen molar-refractivity contribution in [1.29, 1.82) is 0 Å². The highest BCUT2D eigenvalue weighted by Gasteiger charge is 2.23. The van der Waals surface area contributed by atoms with Crippen LogP contribution in [0.5, 0.6) is 0 Å². The van der Waals surface area contributed by atoms with Crippen molar-refractivity contribution in [2.75, 3.05) is 13.2 Å². The maximum atomic E-state index is 13.1. The molecule has 0 bridgehead atoms. The number of nitrogens with one attached hydrogen (secondary N) is 2. The third-order valence-electron chi connectivity index (χ3n) is 5.54. The molecule has 1 fully saturated rings. The van der Waals surface area contributed by atoms with Crippen LogP contribution in [0.1, 0.15) is 30.7 Å². The van der Waals surface area contributed by atoms with Crippen molar-refractivity contribution < 1.29 is 18.7 Å². The molecular weight excluding hydrogens is 411 g/mol. The molecule has 1 aliphatic rings. The Bertz CT molecular complexity index is 1070. The molecule has 0 saturated carbocycles. The maximum Gasteiger partial charge on any atom is 0.249 e. The van der Waals surface area contributed by atoms with Crippen molar-refractivity contribution in [2.24, 2.45) is 0 Å². The van der Waals surface area contributed by atoms with Gasteiger partial charge in [0.15, 0.2) is 0 Å². The number of hydrogen-bond acceptors (Lipinski definition) is 4. The van der Waals surface area contributed by atoms with Crippen LogP contribution in [0.2, 0.25) is 0 Å². The molecule has 4 rings (SSSR count). The predicted octanol–water partition coefficient (Wildman–Crippen LogP) is 2.72. The number of hydrogen-bond donors (Lipinski definition) is 2. The van der Waals surface area contributed by atoms with Crippen LogP contribution < -0.4 is 10.6 Å². The summed E-state index contributed by atoms with van der Waals surface area (Å²) in [4.78, 5) is 29.4. The van der Waals surface area contributed by atoms with Gasteiger partial charge in [0.05, 0.1) is 11.0 Å². The van der Waals surface area contributed by atoms with E-state index in [1.165, 1.54) is 12.1 Å². The first-order valence-electron chi connectivity index (χ1n) is 10.9. The third kappa shape index (κ3) is 5.50. The van der Waals surface area contributed by atoms with Crippen molar-refractivity contribution in [3.63, 3.8) is 0 Å². The Morgan fingerprint density at radius 3 is 2.72 bits per heavy atom. The molecule has 2 amide bonds. The average molecular weight is 439 g/mol. The first-order chi connectivity index (χ1) is 15.6. The standard InChI is InChI=1S/C24H27FN4O3/c25-18-11-9-17(10-12-18)15-27-23(30)16-29-20-6-2-1-5-19(20)28-22(29)8-3-13-26-24(31)21-7-4-14-32-21/h1-2,5-6,9-12,21H,3-4,7-8,13-16H2,(H,26,31)(H,27,30). The van der Waals surface area contributed by atoms with Crippen molar-refractivity contribution in [1.82, 2.24) is 20.2 Å². The van der Waals surface area contributed by atoms with E-state index >= 15 is 0 Å². The Labute approximate surface area is 186 Å². The largest absolute Gasteiger partial charge is 0.368 e. The van der Waals surface area contributed by atoms with E-state index in [2.05, 4.69) is 10.6 Å². The molecule has 0 aliphatic carbocycles. The second-order valence-corrected chi connectivity index (χ2v) is 7.90. The van der Waals surface area contributed by atoms with Crippen molar-refractivity contribution in [3.8, 4) is 0 Å². The number of rotatable bonds is 9. The van der Waals surface area contributed by atoms with Gasteiger partial charge in [-0.15, -0.1) is 0 Å². The lowest BCUT2D eigenvalue weighted by Crippen LogP contribution is -2.34. The summed E-state index contributed by atoms with van der Waals surface area (Å²) in [5, 5.41) is 5.81. The first kappa shape index (κ1) is 22.0. The number of carbonyl (C=O) groups is 2. The molecule has 7 nitrogen and oxygen atoms in total. The summed E-state index contributed by atoms with van der Waals surface area (Å²) in [6.45, 7) is 1.64. The number of ether oxygens (including phenoxy) is 1. The number of imidazole rings is 1. The van der Waals surface area contributed by atoms with Crippen LogP contribution in [-0.2, 0) is 33.8 Å². The Morgan fingerprint density at radius 1 is 1.12 bits per heavy atom. The van der Waals surface area contributed by atoms with Gasteiger partial charge in [-0.3, -0.25) is 9.59 Å². The average Bonchev–Trinajstić information content (AvgIpc) is 3.45. The molecule has 0 spiro atoms. The number of fused-ring (bicyclic) bond motifs is 1. The Hall–Kier alpha value is -3.26. The lowest BCUT2D eigenvalue weighted by atomic mass is 10.2. The lowest BCUT2D eigenvalue weighted by molar-refractivity contribution is -0.130. The highest BCUT2D eigenvalue weighted by atomic mass is 19.1. The molecule has 1 aliphatic heterocycles. The molecule has 2 N–H and O–H groups in total. The molecule has 1 saturated heterocycles. The molecule has 2 heterocycles. The van der Waals surface area contributed by atoms with Gasteiger partial charge in [0.2, 0.25) is 11.8 Å². The molecule has 1 unspecified atom stereocenters. The second kappa shape index (κ2) is 10.4. The molecule has 1 atom stereocenters. The minimum atomic E-state index is -0.329. The number of aromatic nitrogens is 2. The first-order valence-corrected chi connectivity index (χ1v) is 10.9. The molecule has 8 heteroatoms. The van der Waals surface area contributed by atoms with Crippen molar-refractivity contribution >= 4 is 22.8 Å². The summed E-state index contributed by atoms with van der Waals surface area (Å²) >= 11 is 0. The molecule has 3 aromatic rings. The van der Waals surface area contributed by atoms with E-state index in [0.29, 0.717) is 32.5 Å². The van der Waals surface area contributed by atoms with Crippen molar-refractivity contribution in [3.05, 3.63) is 65.7 Å². The van der Waals surface area contributed by atoms with Gasteiger partial charge in [0.1, 0.15) is 24.3 Å². The van der Waals surface area contributed by atoms with Gasteiger partial charge in [-0.05, 0) is 49.1 Å². The summed E-state index contributed by atoms with van der Waals surface area (Å²) in [5.74, 6) is 0.289. The van der Waals surface area contributed by atoms with Gasteiger partial charge in [0.25, 0.3) is 0 Å². The summed E-state index contributed by atoms with van der Waals surface area (Å²) in [6, 6.07) is 13.8. The summed E-state index contributed by atoms with van der Waals surface area (Å²) in [6.07, 6.45) is 2.70. The van der Waals surface area contributed by atoms with E-state index in [-0.39, 0.29) is 30.3 Å². The molecule has 168 valence electrons. The fraction of sp³-hybridized carbons (Fsp3) is 0.375. The minimum Gasteiger partial charge on any atom is -0.368 e. The zero-order chi connectivity index (χ0) is 22.3. The minimum absolute atomic E-state index is 0.0591. The topological polar surface area (TPSA) is 85.2 Å². The van der Waals surface area contributed by atoms with Gasteiger partial charge in [-0.1, -0.05) is 24.3 Å². The Kier molecular flexibility index (Phi) is 7.11. The van der Waals surface area contributed by atoms with Crippen molar-refractivity contribution in [2.45, 2.75) is 44.9 Å². The number of benzene rings is 2. The number of aryl methyl sites for hydroxylation is 1. The highest BCUT2D eigenvalue weighted by molar-refractivity contribution is 5.81. The fourth-order valence-electron chi connectivity index (χ4n) is 3.85.